The number of esters is 1. The average molecular weight is 292 g/mol. The Hall–Kier alpha value is -2.37. The van der Waals surface area contributed by atoms with Crippen LogP contribution in [0.25, 0.3) is 0 Å². The van der Waals surface area contributed by atoms with Gasteiger partial charge in [-0.1, -0.05) is 39.0 Å². The quantitative estimate of drug-likeness (QED) is 0.649. The number of carbonyl (C=O) groups is 3. The number of carbonyl (C=O) groups excluding carboxylic acids is 3. The van der Waals surface area contributed by atoms with Crippen LogP contribution in [0.3, 0.4) is 0 Å². The molecule has 114 valence electrons. The summed E-state index contributed by atoms with van der Waals surface area (Å²) < 4.78 is 4.82. The van der Waals surface area contributed by atoms with E-state index in [2.05, 4.69) is 10.9 Å². The van der Waals surface area contributed by atoms with E-state index in [0.717, 1.165) is 0 Å². The van der Waals surface area contributed by atoms with Crippen LogP contribution in [0.1, 0.15) is 37.6 Å². The molecule has 0 saturated heterocycles. The van der Waals surface area contributed by atoms with Crippen molar-refractivity contribution in [2.75, 3.05) is 6.61 Å². The number of hydrogen-bond donors (Lipinski definition) is 2. The second-order valence-electron chi connectivity index (χ2n) is 5.77. The van der Waals surface area contributed by atoms with Gasteiger partial charge >= 0.3 is 5.97 Å². The third-order valence-electron chi connectivity index (χ3n) is 2.39. The standard InChI is InChI=1S/C15H20N2O4/c1-15(2,3)9-13(19)21-10-12(18)16-17-14(20)11-7-5-4-6-8-11/h4-8H,9-10H2,1-3H3,(H,16,18)(H,17,20). The van der Waals surface area contributed by atoms with E-state index in [1.165, 1.54) is 0 Å². The van der Waals surface area contributed by atoms with Crippen molar-refractivity contribution < 1.29 is 19.1 Å². The fourth-order valence-electron chi connectivity index (χ4n) is 1.45. The normalized spacial score (nSPS) is 10.6. The van der Waals surface area contributed by atoms with Gasteiger partial charge in [0.25, 0.3) is 11.8 Å². The minimum Gasteiger partial charge on any atom is -0.455 e. The summed E-state index contributed by atoms with van der Waals surface area (Å²) in [4.78, 5) is 34.5. The zero-order chi connectivity index (χ0) is 15.9. The topological polar surface area (TPSA) is 84.5 Å². The fraction of sp³-hybridized carbons (Fsp3) is 0.400. The lowest BCUT2D eigenvalue weighted by atomic mass is 9.93. The summed E-state index contributed by atoms with van der Waals surface area (Å²) >= 11 is 0. The first-order chi connectivity index (χ1) is 9.78. The molecule has 0 radical (unpaired) electrons. The Morgan fingerprint density at radius 2 is 1.67 bits per heavy atom. The lowest BCUT2D eigenvalue weighted by molar-refractivity contribution is -0.150. The Kier molecular flexibility index (Phi) is 5.90. The predicted octanol–water partition coefficient (Wildman–Crippen LogP) is 1.43. The van der Waals surface area contributed by atoms with Crippen LogP contribution < -0.4 is 10.9 Å². The number of amides is 2. The van der Waals surface area contributed by atoms with Crippen molar-refractivity contribution in [1.29, 1.82) is 0 Å². The van der Waals surface area contributed by atoms with Gasteiger partial charge in [-0.25, -0.2) is 0 Å². The molecule has 2 N–H and O–H groups in total. The Balaban J connectivity index is 2.29. The van der Waals surface area contributed by atoms with Gasteiger partial charge in [0.1, 0.15) is 0 Å². The van der Waals surface area contributed by atoms with Gasteiger partial charge in [-0.15, -0.1) is 0 Å². The number of nitrogens with one attached hydrogen (secondary N) is 2. The van der Waals surface area contributed by atoms with Gasteiger partial charge in [-0.2, -0.15) is 0 Å². The first kappa shape index (κ1) is 16.7. The van der Waals surface area contributed by atoms with Crippen molar-refractivity contribution in [3.8, 4) is 0 Å². The van der Waals surface area contributed by atoms with Gasteiger partial charge in [0.15, 0.2) is 6.61 Å². The Morgan fingerprint density at radius 1 is 1.05 bits per heavy atom. The van der Waals surface area contributed by atoms with E-state index < -0.39 is 24.4 Å². The van der Waals surface area contributed by atoms with Gasteiger partial charge in [-0.3, -0.25) is 25.2 Å². The van der Waals surface area contributed by atoms with E-state index in [4.69, 9.17) is 4.74 Å². The molecule has 1 aromatic rings. The average Bonchev–Trinajstić information content (AvgIpc) is 2.41. The third kappa shape index (κ3) is 7.10. The SMILES string of the molecule is CC(C)(C)CC(=O)OCC(=O)NNC(=O)c1ccccc1. The maximum absolute atomic E-state index is 11.6. The molecular weight excluding hydrogens is 272 g/mol. The van der Waals surface area contributed by atoms with Crippen LogP contribution in [0.5, 0.6) is 0 Å². The summed E-state index contributed by atoms with van der Waals surface area (Å²) in [7, 11) is 0. The minimum atomic E-state index is -0.596. The lowest BCUT2D eigenvalue weighted by Gasteiger charge is -2.16. The monoisotopic (exact) mass is 292 g/mol. The van der Waals surface area contributed by atoms with Crippen molar-refractivity contribution in [1.82, 2.24) is 10.9 Å². The molecule has 0 spiro atoms. The molecule has 0 aromatic heterocycles. The number of rotatable bonds is 4. The molecule has 0 atom stereocenters. The molecule has 0 unspecified atom stereocenters. The fourth-order valence-corrected chi connectivity index (χ4v) is 1.45. The lowest BCUT2D eigenvalue weighted by Crippen LogP contribution is -2.43. The molecule has 0 aliphatic rings. The highest BCUT2D eigenvalue weighted by atomic mass is 16.5. The Morgan fingerprint density at radius 3 is 2.24 bits per heavy atom. The summed E-state index contributed by atoms with van der Waals surface area (Å²) in [6.07, 6.45) is 0.219. The number of hydrazine groups is 1. The molecule has 6 nitrogen and oxygen atoms in total. The number of ether oxygens (including phenoxy) is 1. The molecule has 0 saturated carbocycles. The highest BCUT2D eigenvalue weighted by Gasteiger charge is 2.18. The first-order valence-corrected chi connectivity index (χ1v) is 6.58. The van der Waals surface area contributed by atoms with Crippen LogP contribution in [-0.4, -0.2) is 24.4 Å². The van der Waals surface area contributed by atoms with E-state index in [9.17, 15) is 14.4 Å². The Labute approximate surface area is 123 Å². The van der Waals surface area contributed by atoms with Crippen LogP contribution in [0.15, 0.2) is 30.3 Å². The second kappa shape index (κ2) is 7.42. The largest absolute Gasteiger partial charge is 0.455 e. The van der Waals surface area contributed by atoms with Crippen LogP contribution in [0.2, 0.25) is 0 Å². The highest BCUT2D eigenvalue weighted by molar-refractivity contribution is 5.95. The van der Waals surface area contributed by atoms with Crippen molar-refractivity contribution in [3.05, 3.63) is 35.9 Å². The molecule has 1 rings (SSSR count). The van der Waals surface area contributed by atoms with Gasteiger partial charge in [-0.05, 0) is 17.5 Å². The zero-order valence-corrected chi connectivity index (χ0v) is 12.4. The van der Waals surface area contributed by atoms with Crippen LogP contribution in [0.4, 0.5) is 0 Å². The highest BCUT2D eigenvalue weighted by Crippen LogP contribution is 2.18. The van der Waals surface area contributed by atoms with E-state index >= 15 is 0 Å². The number of hydrogen-bond acceptors (Lipinski definition) is 4. The number of benzene rings is 1. The van der Waals surface area contributed by atoms with Gasteiger partial charge < -0.3 is 4.74 Å². The molecule has 21 heavy (non-hydrogen) atoms. The van der Waals surface area contributed by atoms with Crippen molar-refractivity contribution in [3.63, 3.8) is 0 Å². The molecule has 0 aliphatic carbocycles. The maximum Gasteiger partial charge on any atom is 0.306 e. The summed E-state index contributed by atoms with van der Waals surface area (Å²) in [5.74, 6) is -1.49. The van der Waals surface area contributed by atoms with Gasteiger partial charge in [0, 0.05) is 5.56 Å². The molecule has 6 heteroatoms. The maximum atomic E-state index is 11.6. The van der Waals surface area contributed by atoms with Crippen molar-refractivity contribution in [2.24, 2.45) is 5.41 Å². The van der Waals surface area contributed by atoms with Crippen LogP contribution in [-0.2, 0) is 14.3 Å². The summed E-state index contributed by atoms with van der Waals surface area (Å²) in [6, 6.07) is 8.44. The molecule has 0 heterocycles. The van der Waals surface area contributed by atoms with Crippen LogP contribution >= 0.6 is 0 Å². The third-order valence-corrected chi connectivity index (χ3v) is 2.39. The smallest absolute Gasteiger partial charge is 0.306 e. The molecule has 1 aromatic carbocycles. The van der Waals surface area contributed by atoms with E-state index in [0.29, 0.717) is 5.56 Å². The summed E-state index contributed by atoms with van der Waals surface area (Å²) in [6.45, 7) is 5.27. The van der Waals surface area contributed by atoms with Crippen LogP contribution in [0, 0.1) is 5.41 Å². The van der Waals surface area contributed by atoms with Crippen molar-refractivity contribution in [2.45, 2.75) is 27.2 Å². The van der Waals surface area contributed by atoms with Gasteiger partial charge in [0.2, 0.25) is 0 Å². The Bertz CT molecular complexity index is 506. The predicted molar refractivity (Wildman–Crippen MR) is 77.1 cm³/mol. The second-order valence-corrected chi connectivity index (χ2v) is 5.77. The molecule has 2 amide bonds. The molecule has 0 fully saturated rings. The minimum absolute atomic E-state index is 0.199. The zero-order valence-electron chi connectivity index (χ0n) is 12.4. The molecule has 0 aliphatic heterocycles. The summed E-state index contributed by atoms with van der Waals surface area (Å²) in [5.41, 5.74) is 4.64. The van der Waals surface area contributed by atoms with Gasteiger partial charge in [0.05, 0.1) is 6.42 Å². The van der Waals surface area contributed by atoms with E-state index in [1.807, 2.05) is 20.8 Å². The molecule has 0 bridgehead atoms. The van der Waals surface area contributed by atoms with E-state index in [1.54, 1.807) is 30.3 Å². The summed E-state index contributed by atoms with van der Waals surface area (Å²) in [5, 5.41) is 0. The van der Waals surface area contributed by atoms with E-state index in [-0.39, 0.29) is 11.8 Å². The first-order valence-electron chi connectivity index (χ1n) is 6.58. The molecular formula is C15H20N2O4. The van der Waals surface area contributed by atoms with Crippen molar-refractivity contribution >= 4 is 17.8 Å².